The van der Waals surface area contributed by atoms with Crippen molar-refractivity contribution in [3.05, 3.63) is 169 Å². The van der Waals surface area contributed by atoms with E-state index < -0.39 is 0 Å². The second-order valence-electron chi connectivity index (χ2n) is 14.6. The summed E-state index contributed by atoms with van der Waals surface area (Å²) in [7, 11) is 0. The molecule has 7 heteroatoms. The molecule has 4 nitrogen and oxygen atoms in total. The van der Waals surface area contributed by atoms with Gasteiger partial charge < -0.3 is 14.5 Å². The van der Waals surface area contributed by atoms with E-state index in [2.05, 4.69) is 178 Å². The van der Waals surface area contributed by atoms with Crippen LogP contribution in [0.3, 0.4) is 0 Å². The third-order valence-electron chi connectivity index (χ3n) is 10.2. The zero-order valence-electron chi connectivity index (χ0n) is 31.2. The maximum Gasteiger partial charge on any atom is 0.108 e. The van der Waals surface area contributed by atoms with Crippen LogP contribution in [0.2, 0.25) is 0 Å². The smallest absolute Gasteiger partial charge is 0.108 e. The molecule has 0 spiro atoms. The zero-order valence-corrected chi connectivity index (χ0v) is 35.1. The fourth-order valence-corrected chi connectivity index (χ4v) is 9.20. The number of allylic oxidation sites excluding steroid dienone is 2. The van der Waals surface area contributed by atoms with Gasteiger partial charge in [-0.1, -0.05) is 110 Å². The van der Waals surface area contributed by atoms with Crippen molar-refractivity contribution in [3.63, 3.8) is 0 Å². The Morgan fingerprint density at radius 1 is 0.691 bits per heavy atom. The summed E-state index contributed by atoms with van der Waals surface area (Å²) in [4.78, 5) is 9.34. The average molecular weight is 932 g/mol. The quantitative estimate of drug-likeness (QED) is 0.149. The molecule has 0 unspecified atom stereocenters. The van der Waals surface area contributed by atoms with Crippen molar-refractivity contribution in [2.45, 2.75) is 40.0 Å². The maximum atomic E-state index is 6.61. The van der Waals surface area contributed by atoms with Crippen LogP contribution in [0.15, 0.2) is 144 Å². The number of thiophene rings is 2. The molecular weight excluding hydrogens is 894 g/mol. The van der Waals surface area contributed by atoms with Gasteiger partial charge in [0.05, 0.1) is 0 Å². The normalized spacial score (nSPS) is 13.2. The van der Waals surface area contributed by atoms with Gasteiger partial charge in [0.15, 0.2) is 0 Å². The molecule has 0 atom stereocenters. The summed E-state index contributed by atoms with van der Waals surface area (Å²) < 4.78 is 9.01. The molecule has 55 heavy (non-hydrogen) atoms. The van der Waals surface area contributed by atoms with E-state index in [1.165, 1.54) is 37.9 Å². The minimum Gasteiger partial charge on any atom is -0.497 e. The predicted octanol–water partition coefficient (Wildman–Crippen LogP) is 13.9. The van der Waals surface area contributed by atoms with Crippen molar-refractivity contribution >= 4 is 54.2 Å². The second kappa shape index (κ2) is 14.9. The maximum absolute atomic E-state index is 6.61. The van der Waals surface area contributed by atoms with Crippen molar-refractivity contribution in [3.8, 4) is 44.3 Å². The first-order chi connectivity index (χ1) is 26.2. The van der Waals surface area contributed by atoms with Gasteiger partial charge in [-0.3, -0.25) is 4.98 Å². The Kier molecular flexibility index (Phi) is 10.0. The number of fused-ring (bicyclic) bond motifs is 3. The molecule has 0 fully saturated rings. The van der Waals surface area contributed by atoms with Gasteiger partial charge in [0.1, 0.15) is 5.06 Å². The minimum atomic E-state index is 0. The van der Waals surface area contributed by atoms with E-state index >= 15 is 0 Å². The molecule has 5 aromatic carbocycles. The topological polar surface area (TPSA) is 28.6 Å². The molecule has 8 aromatic rings. The molecule has 0 radical (unpaired) electrons. The first kappa shape index (κ1) is 36.9. The van der Waals surface area contributed by atoms with Crippen LogP contribution in [-0.4, -0.2) is 4.98 Å². The number of rotatable bonds is 7. The van der Waals surface area contributed by atoms with Crippen molar-refractivity contribution in [1.29, 1.82) is 0 Å². The molecule has 1 aliphatic heterocycles. The monoisotopic (exact) mass is 931 g/mol. The molecular formula is C48H38N3OPtS2-3. The summed E-state index contributed by atoms with van der Waals surface area (Å²) in [6, 6.07) is 49.9. The number of para-hydroxylation sites is 1. The Morgan fingerprint density at radius 3 is 2.05 bits per heavy atom. The summed E-state index contributed by atoms with van der Waals surface area (Å²) in [5.41, 5.74) is 12.3. The molecule has 276 valence electrons. The molecule has 3 aromatic heterocycles. The Balaban J connectivity index is 0.00000427. The van der Waals surface area contributed by atoms with Crippen LogP contribution >= 0.6 is 22.7 Å². The Hall–Kier alpha value is -5.00. The molecule has 0 aliphatic carbocycles. The summed E-state index contributed by atoms with van der Waals surface area (Å²) in [5, 5.41) is 5.09. The Labute approximate surface area is 345 Å². The third kappa shape index (κ3) is 6.93. The molecule has 0 bridgehead atoms. The fraction of sp³-hybridized carbons (Fsp3) is 0.125. The van der Waals surface area contributed by atoms with Gasteiger partial charge in [0.2, 0.25) is 0 Å². The number of ether oxygens (including phenoxy) is 1. The van der Waals surface area contributed by atoms with Crippen molar-refractivity contribution in [2.75, 3.05) is 9.80 Å². The van der Waals surface area contributed by atoms with Crippen LogP contribution in [0, 0.1) is 18.8 Å². The summed E-state index contributed by atoms with van der Waals surface area (Å²) in [6.07, 6.45) is 1.92. The van der Waals surface area contributed by atoms with Gasteiger partial charge in [-0.05, 0) is 69.6 Å². The molecule has 4 heterocycles. The van der Waals surface area contributed by atoms with E-state index in [0.717, 1.165) is 44.1 Å². The van der Waals surface area contributed by atoms with Crippen LogP contribution in [-0.2, 0) is 26.5 Å². The van der Waals surface area contributed by atoms with Crippen LogP contribution in [0.25, 0.3) is 53.7 Å². The predicted molar refractivity (Wildman–Crippen MR) is 228 cm³/mol. The van der Waals surface area contributed by atoms with Gasteiger partial charge >= 0.3 is 0 Å². The van der Waals surface area contributed by atoms with E-state index in [-0.39, 0.29) is 26.5 Å². The molecule has 0 amide bonds. The van der Waals surface area contributed by atoms with E-state index in [4.69, 9.17) is 9.72 Å². The average Bonchev–Trinajstić information content (AvgIpc) is 3.92. The summed E-state index contributed by atoms with van der Waals surface area (Å²) >= 11 is 3.38. The SMILES string of the molecule is CC1=C(C)N(c2c(-c3ccccc3)cccc2-c2ccccc2)[CH-]N1c1[c-]c(Oc2[c-]c3c(-c4cc(C(C)(C)C)ccn4)cc4ccsc4c3s2)ccc1.[Pt]. The van der Waals surface area contributed by atoms with Crippen molar-refractivity contribution in [2.24, 2.45) is 0 Å². The molecule has 1 aliphatic rings. The Bertz CT molecular complexity index is 2630. The van der Waals surface area contributed by atoms with Gasteiger partial charge in [-0.2, -0.15) is 34.1 Å². The van der Waals surface area contributed by atoms with Crippen molar-refractivity contribution in [1.82, 2.24) is 4.98 Å². The number of hydrogen-bond acceptors (Lipinski definition) is 6. The largest absolute Gasteiger partial charge is 0.497 e. The first-order valence-electron chi connectivity index (χ1n) is 18.1. The van der Waals surface area contributed by atoms with E-state index in [0.29, 0.717) is 10.8 Å². The van der Waals surface area contributed by atoms with E-state index in [1.807, 2.05) is 18.3 Å². The van der Waals surface area contributed by atoms with Gasteiger partial charge in [-0.25, -0.2) is 0 Å². The molecule has 9 rings (SSSR count). The first-order valence-corrected chi connectivity index (χ1v) is 19.8. The molecule has 0 saturated heterocycles. The number of anilines is 2. The Morgan fingerprint density at radius 2 is 1.36 bits per heavy atom. The standard InChI is InChI=1S/C48H38N3OS2.Pt/c1-31-32(2)51(45-39(33-14-8-6-9-15-33)20-13-21-40(45)34-16-10-7-11-17-34)30-50(31)37-18-12-19-38(28-37)52-44-29-42-41(26-35-23-25-53-46(35)47(42)54-44)43-27-36(22-24-49-43)48(3,4)5;/h6-27,30H,1-5H3;/q-3;. The summed E-state index contributed by atoms with van der Waals surface area (Å²) in [6.45, 7) is 13.2. The number of nitrogens with zero attached hydrogens (tertiary/aromatic N) is 3. The number of aromatic nitrogens is 1. The van der Waals surface area contributed by atoms with Gasteiger partial charge in [0, 0.05) is 66.9 Å². The van der Waals surface area contributed by atoms with Gasteiger partial charge in [0.25, 0.3) is 0 Å². The van der Waals surface area contributed by atoms with Gasteiger partial charge in [-0.15, -0.1) is 42.7 Å². The van der Waals surface area contributed by atoms with Crippen LogP contribution in [0.1, 0.15) is 40.2 Å². The third-order valence-corrected chi connectivity index (χ3v) is 12.2. The number of hydrogen-bond donors (Lipinski definition) is 0. The van der Waals surface area contributed by atoms with E-state index in [9.17, 15) is 0 Å². The van der Waals surface area contributed by atoms with E-state index in [1.54, 1.807) is 22.7 Å². The van der Waals surface area contributed by atoms with Crippen LogP contribution < -0.4 is 14.5 Å². The van der Waals surface area contributed by atoms with Crippen LogP contribution in [0.4, 0.5) is 11.4 Å². The second-order valence-corrected chi connectivity index (χ2v) is 16.5. The molecule has 0 saturated carbocycles. The summed E-state index contributed by atoms with van der Waals surface area (Å²) in [5.74, 6) is 0.638. The number of pyridine rings is 1. The van der Waals surface area contributed by atoms with Crippen molar-refractivity contribution < 1.29 is 25.8 Å². The van der Waals surface area contributed by atoms with Crippen LogP contribution in [0.5, 0.6) is 10.8 Å². The minimum absolute atomic E-state index is 0. The zero-order chi connectivity index (χ0) is 37.0. The molecule has 0 N–H and O–H groups in total. The number of benzene rings is 5. The fourth-order valence-electron chi connectivity index (χ4n) is 7.16.